The molecule has 0 N–H and O–H groups in total. The Kier molecular flexibility index (Phi) is 6.08. The summed E-state index contributed by atoms with van der Waals surface area (Å²) in [6.07, 6.45) is -3.49. The van der Waals surface area contributed by atoms with Gasteiger partial charge in [0.25, 0.3) is 0 Å². The van der Waals surface area contributed by atoms with Gasteiger partial charge in [0.05, 0.1) is 6.61 Å². The second-order valence-corrected chi connectivity index (χ2v) is 5.71. The molecule has 0 saturated carbocycles. The molecule has 0 fully saturated rings. The molecule has 0 saturated heterocycles. The third-order valence-electron chi connectivity index (χ3n) is 2.29. The van der Waals surface area contributed by atoms with E-state index in [4.69, 9.17) is 4.74 Å². The van der Waals surface area contributed by atoms with E-state index >= 15 is 0 Å². The number of rotatable bonds is 3. The molecule has 108 valence electrons. The summed E-state index contributed by atoms with van der Waals surface area (Å²) in [6.45, 7) is 3.80. The summed E-state index contributed by atoms with van der Waals surface area (Å²) in [5, 5.41) is 0. The first-order valence-electron chi connectivity index (χ1n) is 5.84. The molecule has 1 aromatic carbocycles. The van der Waals surface area contributed by atoms with Crippen molar-refractivity contribution >= 4 is 22.6 Å². The molecule has 1 aromatic rings. The van der Waals surface area contributed by atoms with Gasteiger partial charge in [-0.1, -0.05) is 42.2 Å². The molecule has 0 unspecified atom stereocenters. The average Bonchev–Trinajstić information content (AvgIpc) is 2.36. The molecule has 0 aliphatic carbocycles. The highest BCUT2D eigenvalue weighted by Crippen LogP contribution is 2.30. The number of ether oxygens (including phenoxy) is 1. The molecule has 1 nitrogen and oxygen atoms in total. The lowest BCUT2D eigenvalue weighted by atomic mass is 10.1. The van der Waals surface area contributed by atoms with E-state index in [-0.39, 0.29) is 0 Å². The van der Waals surface area contributed by atoms with Crippen molar-refractivity contribution < 1.29 is 17.9 Å². The van der Waals surface area contributed by atoms with Crippen molar-refractivity contribution in [2.24, 2.45) is 0 Å². The molecule has 0 bridgehead atoms. The predicted molar refractivity (Wildman–Crippen MR) is 81.2 cm³/mol. The first-order valence-corrected chi connectivity index (χ1v) is 6.92. The smallest absolute Gasteiger partial charge is 0.358 e. The van der Waals surface area contributed by atoms with E-state index < -0.39 is 15.4 Å². The van der Waals surface area contributed by atoms with Crippen LogP contribution in [-0.4, -0.2) is 11.8 Å². The number of allylic oxidation sites excluding steroid dienone is 2. The zero-order chi connectivity index (χ0) is 15.2. The number of alkyl halides is 3. The minimum absolute atomic E-state index is 0.364. The normalized spacial score (nSPS) is 12.8. The number of hydrogen-bond acceptors (Lipinski definition) is 1. The zero-order valence-corrected chi connectivity index (χ0v) is 13.2. The lowest BCUT2D eigenvalue weighted by Crippen LogP contribution is -2.21. The Morgan fingerprint density at radius 3 is 2.40 bits per heavy atom. The Bertz CT molecular complexity index is 522. The van der Waals surface area contributed by atoms with Gasteiger partial charge in [0.15, 0.2) is 0 Å². The maximum Gasteiger partial charge on any atom is 0.422 e. The first-order chi connectivity index (χ1) is 9.21. The SMILES string of the molecule is CC(C)(C#C/C=C(\I)C(F)(F)F)OCc1ccccc1. The van der Waals surface area contributed by atoms with E-state index in [2.05, 4.69) is 11.8 Å². The molecule has 1 rings (SSSR count). The lowest BCUT2D eigenvalue weighted by Gasteiger charge is -2.18. The highest BCUT2D eigenvalue weighted by molar-refractivity contribution is 14.1. The molecule has 20 heavy (non-hydrogen) atoms. The average molecular weight is 394 g/mol. The maximum atomic E-state index is 12.3. The van der Waals surface area contributed by atoms with E-state index in [9.17, 15) is 13.2 Å². The fourth-order valence-corrected chi connectivity index (χ4v) is 1.38. The molecular weight excluding hydrogens is 380 g/mol. The van der Waals surface area contributed by atoms with Gasteiger partial charge in [-0.05, 0) is 42.0 Å². The molecule has 0 aliphatic heterocycles. The minimum Gasteiger partial charge on any atom is -0.358 e. The molecule has 0 aliphatic rings. The standard InChI is InChI=1S/C15H14F3IO/c1-14(2,10-6-9-13(19)15(16,17)18)20-11-12-7-4-3-5-8-12/h3-5,7-9H,11H2,1-2H3/b13-9-. The van der Waals surface area contributed by atoms with Crippen LogP contribution < -0.4 is 0 Å². The fraction of sp³-hybridized carbons (Fsp3) is 0.333. The number of benzene rings is 1. The van der Waals surface area contributed by atoms with Gasteiger partial charge in [-0.3, -0.25) is 0 Å². The van der Waals surface area contributed by atoms with Crippen LogP contribution in [0.15, 0.2) is 40.0 Å². The van der Waals surface area contributed by atoms with Crippen LogP contribution in [0.1, 0.15) is 19.4 Å². The minimum atomic E-state index is -4.34. The Balaban J connectivity index is 2.63. The van der Waals surface area contributed by atoms with Gasteiger partial charge in [0.2, 0.25) is 0 Å². The summed E-state index contributed by atoms with van der Waals surface area (Å²) in [5.41, 5.74) is 0.178. The van der Waals surface area contributed by atoms with Crippen molar-refractivity contribution in [3.63, 3.8) is 0 Å². The molecule has 0 spiro atoms. The van der Waals surface area contributed by atoms with Gasteiger partial charge in [0.1, 0.15) is 9.18 Å². The molecule has 0 aromatic heterocycles. The Morgan fingerprint density at radius 1 is 1.25 bits per heavy atom. The van der Waals surface area contributed by atoms with Crippen molar-refractivity contribution in [3.8, 4) is 11.8 Å². The van der Waals surface area contributed by atoms with Gasteiger partial charge < -0.3 is 4.74 Å². The van der Waals surface area contributed by atoms with Crippen LogP contribution in [0.5, 0.6) is 0 Å². The van der Waals surface area contributed by atoms with E-state index in [1.165, 1.54) is 22.6 Å². The monoisotopic (exact) mass is 394 g/mol. The molecular formula is C15H14F3IO. The van der Waals surface area contributed by atoms with Gasteiger partial charge in [-0.2, -0.15) is 13.2 Å². The highest BCUT2D eigenvalue weighted by Gasteiger charge is 2.31. The Labute approximate surface area is 130 Å². The van der Waals surface area contributed by atoms with Gasteiger partial charge >= 0.3 is 6.18 Å². The lowest BCUT2D eigenvalue weighted by molar-refractivity contribution is -0.0817. The second kappa shape index (κ2) is 7.14. The summed E-state index contributed by atoms with van der Waals surface area (Å²) in [5.74, 6) is 5.08. The molecule has 0 amide bonds. The molecule has 5 heteroatoms. The van der Waals surface area contributed by atoms with Crippen LogP contribution in [0, 0.1) is 11.8 Å². The van der Waals surface area contributed by atoms with Gasteiger partial charge in [-0.15, -0.1) is 0 Å². The van der Waals surface area contributed by atoms with Crippen LogP contribution in [0.3, 0.4) is 0 Å². The summed E-state index contributed by atoms with van der Waals surface area (Å²) in [4.78, 5) is 0. The second-order valence-electron chi connectivity index (χ2n) is 4.54. The predicted octanol–water partition coefficient (Wildman–Crippen LogP) is 4.87. The van der Waals surface area contributed by atoms with E-state index in [1.54, 1.807) is 13.8 Å². The van der Waals surface area contributed by atoms with Gasteiger partial charge in [0, 0.05) is 6.08 Å². The van der Waals surface area contributed by atoms with Crippen molar-refractivity contribution in [3.05, 3.63) is 45.6 Å². The third-order valence-corrected chi connectivity index (χ3v) is 3.21. The molecule has 0 radical (unpaired) electrons. The summed E-state index contributed by atoms with van der Waals surface area (Å²) in [6, 6.07) is 9.52. The zero-order valence-electron chi connectivity index (χ0n) is 11.1. The van der Waals surface area contributed by atoms with E-state index in [0.717, 1.165) is 11.6 Å². The fourth-order valence-electron chi connectivity index (χ4n) is 1.23. The van der Waals surface area contributed by atoms with Crippen LogP contribution in [0.2, 0.25) is 0 Å². The Hall–Kier alpha value is -1.00. The molecule has 0 atom stereocenters. The maximum absolute atomic E-state index is 12.3. The quantitative estimate of drug-likeness (QED) is 0.525. The Morgan fingerprint density at radius 2 is 1.85 bits per heavy atom. The van der Waals surface area contributed by atoms with Crippen LogP contribution in [-0.2, 0) is 11.3 Å². The van der Waals surface area contributed by atoms with Gasteiger partial charge in [-0.25, -0.2) is 0 Å². The largest absolute Gasteiger partial charge is 0.422 e. The van der Waals surface area contributed by atoms with Crippen molar-refractivity contribution in [1.29, 1.82) is 0 Å². The number of hydrogen-bond donors (Lipinski definition) is 0. The van der Waals surface area contributed by atoms with Crippen LogP contribution in [0.4, 0.5) is 13.2 Å². The van der Waals surface area contributed by atoms with Crippen molar-refractivity contribution in [2.45, 2.75) is 32.2 Å². The van der Waals surface area contributed by atoms with Crippen LogP contribution in [0.25, 0.3) is 0 Å². The van der Waals surface area contributed by atoms with E-state index in [1.807, 2.05) is 30.3 Å². The van der Waals surface area contributed by atoms with Crippen LogP contribution >= 0.6 is 22.6 Å². The molecule has 0 heterocycles. The summed E-state index contributed by atoms with van der Waals surface area (Å²) >= 11 is 1.22. The van der Waals surface area contributed by atoms with Crippen molar-refractivity contribution in [2.75, 3.05) is 0 Å². The topological polar surface area (TPSA) is 9.23 Å². The van der Waals surface area contributed by atoms with Crippen molar-refractivity contribution in [1.82, 2.24) is 0 Å². The van der Waals surface area contributed by atoms with E-state index in [0.29, 0.717) is 6.61 Å². The third kappa shape index (κ3) is 6.44. The number of halogens is 4. The first kappa shape index (κ1) is 17.1. The summed E-state index contributed by atoms with van der Waals surface area (Å²) in [7, 11) is 0. The highest BCUT2D eigenvalue weighted by atomic mass is 127. The summed E-state index contributed by atoms with van der Waals surface area (Å²) < 4.78 is 41.6.